The predicted molar refractivity (Wildman–Crippen MR) is 188 cm³/mol. The fourth-order valence-corrected chi connectivity index (χ4v) is 6.93. The summed E-state index contributed by atoms with van der Waals surface area (Å²) in [6.45, 7) is 6.61. The van der Waals surface area contributed by atoms with Gasteiger partial charge in [0, 0.05) is 27.6 Å². The minimum atomic E-state index is 0.954. The highest BCUT2D eigenvalue weighted by Gasteiger charge is 2.17. The Morgan fingerprint density at radius 2 is 1.07 bits per heavy atom. The Balaban J connectivity index is 1.25. The molecule has 6 aromatic carbocycles. The molecule has 0 unspecified atom stereocenters. The second-order valence-electron chi connectivity index (χ2n) is 11.9. The summed E-state index contributed by atoms with van der Waals surface area (Å²) in [5.74, 6) is 0. The molecule has 3 nitrogen and oxygen atoms in total. The summed E-state index contributed by atoms with van der Waals surface area (Å²) in [5.41, 5.74) is 15.3. The standard InChI is InChI=1S/C42H33N3/c1-28-24-29(2)42(30(3)25-28)33-18-23-40-37(26-33)36-16-10-11-17-39(36)44(40)34-19-21-35(22-20-34)45-41(32-14-8-5-9-15-32)27-38(43-45)31-12-6-4-7-13-31/h4-27H,1-3H3. The molecule has 45 heavy (non-hydrogen) atoms. The Hall–Kier alpha value is -5.67. The predicted octanol–water partition coefficient (Wildman–Crippen LogP) is 10.9. The first-order valence-corrected chi connectivity index (χ1v) is 15.5. The van der Waals surface area contributed by atoms with E-state index >= 15 is 0 Å². The lowest BCUT2D eigenvalue weighted by Crippen LogP contribution is -2.00. The minimum absolute atomic E-state index is 0.954. The third-order valence-electron chi connectivity index (χ3n) is 8.84. The molecule has 0 N–H and O–H groups in total. The number of rotatable bonds is 5. The second-order valence-corrected chi connectivity index (χ2v) is 11.9. The van der Waals surface area contributed by atoms with Crippen molar-refractivity contribution in [3.8, 4) is 45.0 Å². The van der Waals surface area contributed by atoms with Crippen molar-refractivity contribution in [3.05, 3.63) is 162 Å². The first-order chi connectivity index (χ1) is 22.0. The number of nitrogens with zero attached hydrogens (tertiary/aromatic N) is 3. The van der Waals surface area contributed by atoms with Crippen LogP contribution in [0.4, 0.5) is 0 Å². The molecule has 8 rings (SSSR count). The monoisotopic (exact) mass is 579 g/mol. The highest BCUT2D eigenvalue weighted by atomic mass is 15.3. The van der Waals surface area contributed by atoms with E-state index in [9.17, 15) is 0 Å². The van der Waals surface area contributed by atoms with Gasteiger partial charge in [-0.2, -0.15) is 5.10 Å². The van der Waals surface area contributed by atoms with Gasteiger partial charge in [0.25, 0.3) is 0 Å². The number of fused-ring (bicyclic) bond motifs is 3. The molecule has 3 heteroatoms. The van der Waals surface area contributed by atoms with E-state index in [2.05, 4.69) is 170 Å². The molecule has 0 aliphatic carbocycles. The van der Waals surface area contributed by atoms with Crippen molar-refractivity contribution >= 4 is 21.8 Å². The van der Waals surface area contributed by atoms with Crippen LogP contribution in [0.3, 0.4) is 0 Å². The average molecular weight is 580 g/mol. The topological polar surface area (TPSA) is 22.8 Å². The molecule has 0 fully saturated rings. The Morgan fingerprint density at radius 1 is 0.467 bits per heavy atom. The van der Waals surface area contributed by atoms with Crippen molar-refractivity contribution in [3.63, 3.8) is 0 Å². The highest BCUT2D eigenvalue weighted by Crippen LogP contribution is 2.37. The normalized spacial score (nSPS) is 11.4. The molecule has 0 amide bonds. The van der Waals surface area contributed by atoms with Gasteiger partial charge in [-0.25, -0.2) is 4.68 Å². The first kappa shape index (κ1) is 26.9. The van der Waals surface area contributed by atoms with E-state index in [0.29, 0.717) is 0 Å². The Morgan fingerprint density at radius 3 is 1.78 bits per heavy atom. The largest absolute Gasteiger partial charge is 0.309 e. The van der Waals surface area contributed by atoms with Crippen LogP contribution in [0.1, 0.15) is 16.7 Å². The van der Waals surface area contributed by atoms with Gasteiger partial charge < -0.3 is 4.57 Å². The molecule has 0 radical (unpaired) electrons. The lowest BCUT2D eigenvalue weighted by Gasteiger charge is -2.13. The SMILES string of the molecule is Cc1cc(C)c(-c2ccc3c(c2)c2ccccc2n3-c2ccc(-n3nc(-c4ccccc4)cc3-c3ccccc3)cc2)c(C)c1. The molecule has 2 heterocycles. The number of benzene rings is 6. The van der Waals surface area contributed by atoms with Crippen LogP contribution in [-0.2, 0) is 0 Å². The number of para-hydroxylation sites is 1. The fourth-order valence-electron chi connectivity index (χ4n) is 6.93. The number of hydrogen-bond acceptors (Lipinski definition) is 1. The Labute approximate surface area is 263 Å². The van der Waals surface area contributed by atoms with Gasteiger partial charge in [0.2, 0.25) is 0 Å². The molecule has 0 aliphatic heterocycles. The van der Waals surface area contributed by atoms with Crippen LogP contribution in [0.25, 0.3) is 66.8 Å². The molecule has 2 aromatic heterocycles. The van der Waals surface area contributed by atoms with Gasteiger partial charge in [0.1, 0.15) is 0 Å². The van der Waals surface area contributed by atoms with Gasteiger partial charge in [-0.3, -0.25) is 0 Å². The van der Waals surface area contributed by atoms with Crippen molar-refractivity contribution in [2.75, 3.05) is 0 Å². The summed E-state index contributed by atoms with van der Waals surface area (Å²) in [6.07, 6.45) is 0. The molecule has 0 spiro atoms. The summed E-state index contributed by atoms with van der Waals surface area (Å²) < 4.78 is 4.44. The second kappa shape index (κ2) is 10.8. The van der Waals surface area contributed by atoms with Crippen molar-refractivity contribution in [2.24, 2.45) is 0 Å². The third kappa shape index (κ3) is 4.65. The van der Waals surface area contributed by atoms with Gasteiger partial charge in [-0.1, -0.05) is 103 Å². The summed E-state index contributed by atoms with van der Waals surface area (Å²) >= 11 is 0. The van der Waals surface area contributed by atoms with Gasteiger partial charge in [-0.05, 0) is 91.6 Å². The van der Waals surface area contributed by atoms with Crippen LogP contribution in [0.2, 0.25) is 0 Å². The maximum atomic E-state index is 5.09. The third-order valence-corrected chi connectivity index (χ3v) is 8.84. The van der Waals surface area contributed by atoms with Crippen molar-refractivity contribution in [1.29, 1.82) is 0 Å². The van der Waals surface area contributed by atoms with Gasteiger partial charge in [0.05, 0.1) is 28.1 Å². The van der Waals surface area contributed by atoms with Gasteiger partial charge >= 0.3 is 0 Å². The highest BCUT2D eigenvalue weighted by molar-refractivity contribution is 6.10. The number of aryl methyl sites for hydroxylation is 3. The van der Waals surface area contributed by atoms with E-state index in [4.69, 9.17) is 5.10 Å². The zero-order valence-electron chi connectivity index (χ0n) is 25.7. The van der Waals surface area contributed by atoms with E-state index < -0.39 is 0 Å². The average Bonchev–Trinajstić information content (AvgIpc) is 3.66. The zero-order valence-corrected chi connectivity index (χ0v) is 25.7. The first-order valence-electron chi connectivity index (χ1n) is 15.5. The quantitative estimate of drug-likeness (QED) is 0.199. The molecule has 216 valence electrons. The molecule has 8 aromatic rings. The minimum Gasteiger partial charge on any atom is -0.309 e. The zero-order chi connectivity index (χ0) is 30.5. The Bertz CT molecular complexity index is 2300. The molecule has 0 aliphatic rings. The fraction of sp³-hybridized carbons (Fsp3) is 0.0714. The van der Waals surface area contributed by atoms with E-state index in [1.54, 1.807) is 0 Å². The van der Waals surface area contributed by atoms with Crippen molar-refractivity contribution in [2.45, 2.75) is 20.8 Å². The van der Waals surface area contributed by atoms with Crippen LogP contribution >= 0.6 is 0 Å². The lowest BCUT2D eigenvalue weighted by atomic mass is 9.93. The van der Waals surface area contributed by atoms with Gasteiger partial charge in [0.15, 0.2) is 0 Å². The van der Waals surface area contributed by atoms with Gasteiger partial charge in [-0.15, -0.1) is 0 Å². The molecule has 0 bridgehead atoms. The maximum absolute atomic E-state index is 5.09. The van der Waals surface area contributed by atoms with Crippen LogP contribution < -0.4 is 0 Å². The molecule has 0 saturated heterocycles. The van der Waals surface area contributed by atoms with Crippen molar-refractivity contribution < 1.29 is 0 Å². The maximum Gasteiger partial charge on any atom is 0.0934 e. The number of aromatic nitrogens is 3. The van der Waals surface area contributed by atoms with Crippen LogP contribution in [0, 0.1) is 20.8 Å². The molecule has 0 saturated carbocycles. The number of hydrogen-bond donors (Lipinski definition) is 0. The lowest BCUT2D eigenvalue weighted by molar-refractivity contribution is 0.891. The smallest absolute Gasteiger partial charge is 0.0934 e. The van der Waals surface area contributed by atoms with Crippen LogP contribution in [-0.4, -0.2) is 14.3 Å². The van der Waals surface area contributed by atoms with E-state index in [-0.39, 0.29) is 0 Å². The van der Waals surface area contributed by atoms with Crippen LogP contribution in [0.5, 0.6) is 0 Å². The Kier molecular flexibility index (Phi) is 6.46. The summed E-state index contributed by atoms with van der Waals surface area (Å²) in [6, 6.07) is 52.0. The molecular formula is C42H33N3. The van der Waals surface area contributed by atoms with E-state index in [1.165, 1.54) is 49.6 Å². The van der Waals surface area contributed by atoms with Crippen LogP contribution in [0.15, 0.2) is 146 Å². The summed E-state index contributed by atoms with van der Waals surface area (Å²) in [7, 11) is 0. The molecule has 0 atom stereocenters. The van der Waals surface area contributed by atoms with E-state index in [0.717, 1.165) is 33.9 Å². The summed E-state index contributed by atoms with van der Waals surface area (Å²) in [5, 5.41) is 7.61. The molecular weight excluding hydrogens is 546 g/mol. The summed E-state index contributed by atoms with van der Waals surface area (Å²) in [4.78, 5) is 0. The van der Waals surface area contributed by atoms with Crippen molar-refractivity contribution in [1.82, 2.24) is 14.3 Å². The van der Waals surface area contributed by atoms with E-state index in [1.807, 2.05) is 6.07 Å².